The van der Waals surface area contributed by atoms with Crippen molar-refractivity contribution in [3.05, 3.63) is 36.8 Å². The minimum atomic E-state index is -0.250. The van der Waals surface area contributed by atoms with Gasteiger partial charge in [0.1, 0.15) is 23.6 Å². The summed E-state index contributed by atoms with van der Waals surface area (Å²) in [6, 6.07) is 2.34. The number of aryl methyl sites for hydroxylation is 1. The first-order valence-electron chi connectivity index (χ1n) is 10.1. The van der Waals surface area contributed by atoms with Crippen LogP contribution < -0.4 is 4.90 Å². The Morgan fingerprint density at radius 3 is 2.66 bits per heavy atom. The maximum atomic E-state index is 8.36. The Kier molecular flexibility index (Phi) is 8.11. The molecule has 5 heterocycles. The molecule has 2 atom stereocenters. The van der Waals surface area contributed by atoms with Crippen LogP contribution in [0, 0.1) is 5.92 Å². The molecule has 32 heavy (non-hydrogen) atoms. The molecule has 5 rings (SSSR count). The third-order valence-electron chi connectivity index (χ3n) is 5.44. The summed E-state index contributed by atoms with van der Waals surface area (Å²) in [7, 11) is 2.06. The molecule has 172 valence electrons. The van der Waals surface area contributed by atoms with Gasteiger partial charge in [0.2, 0.25) is 0 Å². The van der Waals surface area contributed by atoms with Crippen LogP contribution in [0.3, 0.4) is 0 Å². The summed E-state index contributed by atoms with van der Waals surface area (Å²) in [5, 5.41) is 14.9. The lowest BCUT2D eigenvalue weighted by Crippen LogP contribution is -2.44. The first-order valence-corrected chi connectivity index (χ1v) is 10.1. The summed E-state index contributed by atoms with van der Waals surface area (Å²) in [5.41, 5.74) is 0.888. The van der Waals surface area contributed by atoms with Crippen molar-refractivity contribution >= 4 is 29.8 Å². The van der Waals surface area contributed by atoms with Crippen molar-refractivity contribution in [1.29, 1.82) is 0 Å². The lowest BCUT2D eigenvalue weighted by atomic mass is 10.1. The molecule has 3 aromatic rings. The predicted octanol–water partition coefficient (Wildman–Crippen LogP) is 0.430. The number of aromatic nitrogens is 5. The van der Waals surface area contributed by atoms with Crippen LogP contribution >= 0.6 is 0 Å². The standard InChI is InChI=1S/C18H23N7O.2CH2O2/c1-23-5-4-19-16(23)9-24-6-13-7-25(14(8-24)11-26-10-13)18-15-2-3-20-17(15)21-12-22-18;2*2-1-3/h2-5,12-14H,6-11H2,1H3,(H,20,21,22);2*1H,(H,2,3)/t13-,14-;;/m0../s1. The highest BCUT2D eigenvalue weighted by atomic mass is 16.5. The van der Waals surface area contributed by atoms with E-state index in [1.54, 1.807) is 6.33 Å². The smallest absolute Gasteiger partial charge is 0.290 e. The van der Waals surface area contributed by atoms with E-state index in [1.807, 2.05) is 18.6 Å². The van der Waals surface area contributed by atoms with Gasteiger partial charge in [0.15, 0.2) is 0 Å². The molecule has 2 aliphatic heterocycles. The molecule has 2 bridgehead atoms. The predicted molar refractivity (Wildman–Crippen MR) is 115 cm³/mol. The van der Waals surface area contributed by atoms with E-state index in [0.717, 1.165) is 62.1 Å². The minimum absolute atomic E-state index is 0.250. The molecule has 0 aliphatic carbocycles. The molecule has 2 fully saturated rings. The van der Waals surface area contributed by atoms with Crippen molar-refractivity contribution in [3.63, 3.8) is 0 Å². The third-order valence-corrected chi connectivity index (χ3v) is 5.44. The molecule has 12 nitrogen and oxygen atoms in total. The average Bonchev–Trinajstić information content (AvgIpc) is 3.30. The molecule has 0 aromatic carbocycles. The maximum Gasteiger partial charge on any atom is 0.290 e. The van der Waals surface area contributed by atoms with Gasteiger partial charge < -0.3 is 29.4 Å². The highest BCUT2D eigenvalue weighted by molar-refractivity contribution is 5.87. The molecule has 2 saturated heterocycles. The van der Waals surface area contributed by atoms with E-state index in [-0.39, 0.29) is 19.0 Å². The number of fused-ring (bicyclic) bond motifs is 4. The van der Waals surface area contributed by atoms with Crippen LogP contribution in [-0.2, 0) is 27.9 Å². The SMILES string of the molecule is Cn1ccnc1CN1C[C@@H]2COC[C@H](C1)N(c1ncnc3[nH]ccc13)C2.O=CO.O=CO. The van der Waals surface area contributed by atoms with Crippen LogP contribution in [0.15, 0.2) is 31.0 Å². The Balaban J connectivity index is 0.000000437. The fourth-order valence-electron chi connectivity index (χ4n) is 4.17. The Labute approximate surface area is 184 Å². The number of ether oxygens (including phenoxy) is 1. The number of nitrogens with one attached hydrogen (secondary N) is 1. The summed E-state index contributed by atoms with van der Waals surface area (Å²) >= 11 is 0. The van der Waals surface area contributed by atoms with E-state index in [1.165, 1.54) is 0 Å². The molecule has 0 spiro atoms. The molecule has 0 radical (unpaired) electrons. The van der Waals surface area contributed by atoms with E-state index < -0.39 is 0 Å². The number of hydrogen-bond donors (Lipinski definition) is 3. The topological polar surface area (TPSA) is 150 Å². The second-order valence-electron chi connectivity index (χ2n) is 7.51. The second kappa shape index (κ2) is 11.2. The van der Waals surface area contributed by atoms with E-state index >= 15 is 0 Å². The van der Waals surface area contributed by atoms with Gasteiger partial charge in [-0.2, -0.15) is 0 Å². The van der Waals surface area contributed by atoms with Crippen LogP contribution in [0.4, 0.5) is 5.82 Å². The quantitative estimate of drug-likeness (QED) is 0.484. The zero-order valence-electron chi connectivity index (χ0n) is 17.7. The molecule has 3 N–H and O–H groups in total. The zero-order valence-corrected chi connectivity index (χ0v) is 17.7. The number of imidazole rings is 1. The average molecular weight is 445 g/mol. The summed E-state index contributed by atoms with van der Waals surface area (Å²) in [6.45, 7) is 4.81. The van der Waals surface area contributed by atoms with Gasteiger partial charge in [-0.05, 0) is 6.07 Å². The third kappa shape index (κ3) is 5.39. The van der Waals surface area contributed by atoms with Gasteiger partial charge in [0, 0.05) is 51.2 Å². The Hall–Kier alpha value is -3.51. The zero-order chi connectivity index (χ0) is 22.9. The van der Waals surface area contributed by atoms with Gasteiger partial charge >= 0.3 is 0 Å². The molecular formula is C20H27N7O5. The van der Waals surface area contributed by atoms with Crippen molar-refractivity contribution < 1.29 is 24.5 Å². The lowest BCUT2D eigenvalue weighted by molar-refractivity contribution is -0.123. The van der Waals surface area contributed by atoms with Crippen LogP contribution in [0.25, 0.3) is 11.0 Å². The first-order chi connectivity index (χ1) is 15.6. The van der Waals surface area contributed by atoms with Crippen LogP contribution in [0.1, 0.15) is 5.82 Å². The van der Waals surface area contributed by atoms with Gasteiger partial charge in [0.05, 0.1) is 31.2 Å². The number of rotatable bonds is 3. The first kappa shape index (κ1) is 23.2. The molecule has 0 saturated carbocycles. The normalized spacial score (nSPS) is 20.3. The van der Waals surface area contributed by atoms with E-state index in [2.05, 4.69) is 47.4 Å². The van der Waals surface area contributed by atoms with Crippen molar-refractivity contribution in [2.24, 2.45) is 13.0 Å². The van der Waals surface area contributed by atoms with Gasteiger partial charge in [-0.3, -0.25) is 14.5 Å². The van der Waals surface area contributed by atoms with E-state index in [4.69, 9.17) is 24.5 Å². The number of carboxylic acid groups (broad SMARTS) is 2. The molecule has 0 unspecified atom stereocenters. The number of hydrogen-bond acceptors (Lipinski definition) is 8. The second-order valence-corrected chi connectivity index (χ2v) is 7.51. The Bertz CT molecular complexity index is 1000. The number of carbonyl (C=O) groups is 2. The van der Waals surface area contributed by atoms with Crippen molar-refractivity contribution in [2.75, 3.05) is 37.7 Å². The summed E-state index contributed by atoms with van der Waals surface area (Å²) in [6.07, 6.45) is 7.45. The van der Waals surface area contributed by atoms with Crippen molar-refractivity contribution in [3.8, 4) is 0 Å². The van der Waals surface area contributed by atoms with Gasteiger partial charge in [-0.1, -0.05) is 0 Å². The number of nitrogens with zero attached hydrogens (tertiary/aromatic N) is 6. The fourth-order valence-corrected chi connectivity index (χ4v) is 4.17. The Morgan fingerprint density at radius 1 is 1.16 bits per heavy atom. The molecule has 2 aliphatic rings. The van der Waals surface area contributed by atoms with Gasteiger partial charge in [-0.25, -0.2) is 15.0 Å². The van der Waals surface area contributed by atoms with Crippen LogP contribution in [0.5, 0.6) is 0 Å². The van der Waals surface area contributed by atoms with Crippen molar-refractivity contribution in [1.82, 2.24) is 29.4 Å². The van der Waals surface area contributed by atoms with Crippen LogP contribution in [0.2, 0.25) is 0 Å². The number of aromatic amines is 1. The molecule has 0 amide bonds. The summed E-state index contributed by atoms with van der Waals surface area (Å²) < 4.78 is 8.07. The monoisotopic (exact) mass is 445 g/mol. The number of H-pyrrole nitrogens is 1. The fraction of sp³-hybridized carbons (Fsp3) is 0.450. The summed E-state index contributed by atoms with van der Waals surface area (Å²) in [4.78, 5) is 38.3. The summed E-state index contributed by atoms with van der Waals surface area (Å²) in [5.74, 6) is 2.56. The van der Waals surface area contributed by atoms with Gasteiger partial charge in [0.25, 0.3) is 12.9 Å². The molecule has 3 aromatic heterocycles. The highest BCUT2D eigenvalue weighted by Crippen LogP contribution is 2.29. The highest BCUT2D eigenvalue weighted by Gasteiger charge is 2.35. The van der Waals surface area contributed by atoms with Crippen molar-refractivity contribution in [2.45, 2.75) is 12.6 Å². The molecule has 12 heteroatoms. The Morgan fingerprint density at radius 2 is 1.94 bits per heavy atom. The van der Waals surface area contributed by atoms with E-state index in [0.29, 0.717) is 5.92 Å². The lowest BCUT2D eigenvalue weighted by Gasteiger charge is -2.32. The number of anilines is 1. The molecular weight excluding hydrogens is 418 g/mol. The van der Waals surface area contributed by atoms with E-state index in [9.17, 15) is 0 Å². The van der Waals surface area contributed by atoms with Gasteiger partial charge in [-0.15, -0.1) is 0 Å². The minimum Gasteiger partial charge on any atom is -0.483 e. The largest absolute Gasteiger partial charge is 0.483 e. The maximum absolute atomic E-state index is 8.36. The van der Waals surface area contributed by atoms with Crippen LogP contribution in [-0.4, -0.2) is 91.5 Å².